The lowest BCUT2D eigenvalue weighted by Gasteiger charge is -2.12. The van der Waals surface area contributed by atoms with Gasteiger partial charge in [0.05, 0.1) is 17.4 Å². The average molecular weight is 355 g/mol. The van der Waals surface area contributed by atoms with E-state index in [4.69, 9.17) is 16.3 Å². The summed E-state index contributed by atoms with van der Waals surface area (Å²) in [6.45, 7) is 0.0869. The van der Waals surface area contributed by atoms with Crippen LogP contribution in [0.1, 0.15) is 15.9 Å². The summed E-state index contributed by atoms with van der Waals surface area (Å²) in [7, 11) is 0. The number of nitrogens with one attached hydrogen (secondary N) is 1. The van der Waals surface area contributed by atoms with Crippen LogP contribution in [-0.4, -0.2) is 16.0 Å². The van der Waals surface area contributed by atoms with Crippen molar-refractivity contribution in [1.82, 2.24) is 4.98 Å². The second kappa shape index (κ2) is 7.68. The molecule has 3 aromatic rings. The largest absolute Gasteiger partial charge is 0.508 e. The molecule has 2 N–H and O–H groups in total. The number of carbonyl (C=O) groups is 1. The first-order chi connectivity index (χ1) is 12.1. The molecule has 6 heteroatoms. The quantitative estimate of drug-likeness (QED) is 0.717. The number of carbonyl (C=O) groups excluding carboxylic acids is 1. The van der Waals surface area contributed by atoms with Crippen LogP contribution < -0.4 is 10.1 Å². The van der Waals surface area contributed by atoms with Crippen LogP contribution in [0.4, 0.5) is 5.69 Å². The number of pyridine rings is 1. The number of rotatable bonds is 5. The van der Waals surface area contributed by atoms with Crippen LogP contribution in [0.3, 0.4) is 0 Å². The summed E-state index contributed by atoms with van der Waals surface area (Å²) in [4.78, 5) is 16.4. The van der Waals surface area contributed by atoms with Crippen molar-refractivity contribution < 1.29 is 14.6 Å². The van der Waals surface area contributed by atoms with Crippen LogP contribution in [0, 0.1) is 0 Å². The molecule has 1 amide bonds. The molecule has 0 saturated heterocycles. The number of benzene rings is 2. The molecule has 1 heterocycles. The predicted octanol–water partition coefficient (Wildman–Crippen LogP) is 4.27. The lowest BCUT2D eigenvalue weighted by atomic mass is 10.1. The minimum Gasteiger partial charge on any atom is -0.508 e. The number of aromatic nitrogens is 1. The first kappa shape index (κ1) is 16.8. The summed E-state index contributed by atoms with van der Waals surface area (Å²) in [6.07, 6.45) is 3.19. The number of anilines is 1. The lowest BCUT2D eigenvalue weighted by molar-refractivity contribution is 0.102. The van der Waals surface area contributed by atoms with Gasteiger partial charge >= 0.3 is 0 Å². The first-order valence-corrected chi connectivity index (χ1v) is 7.92. The van der Waals surface area contributed by atoms with Crippen LogP contribution in [-0.2, 0) is 6.61 Å². The van der Waals surface area contributed by atoms with Crippen LogP contribution in [0.5, 0.6) is 11.5 Å². The molecule has 2 aromatic carbocycles. The standard InChI is InChI=1S/C19H15ClN2O3/c20-14-7-8-17(23)13(10-14)12-25-18-6-2-1-5-16(18)19(24)22-15-4-3-9-21-11-15/h1-11,23H,12H2,(H,22,24). The zero-order chi connectivity index (χ0) is 17.6. The van der Waals surface area contributed by atoms with Gasteiger partial charge in [-0.05, 0) is 42.5 Å². The predicted molar refractivity (Wildman–Crippen MR) is 96.1 cm³/mol. The van der Waals surface area contributed by atoms with Crippen molar-refractivity contribution in [1.29, 1.82) is 0 Å². The number of nitrogens with zero attached hydrogens (tertiary/aromatic N) is 1. The van der Waals surface area contributed by atoms with Crippen LogP contribution in [0.2, 0.25) is 5.02 Å². The molecule has 0 atom stereocenters. The molecule has 1 aromatic heterocycles. The SMILES string of the molecule is O=C(Nc1cccnc1)c1ccccc1OCc1cc(Cl)ccc1O. The fourth-order valence-corrected chi connectivity index (χ4v) is 2.44. The normalized spacial score (nSPS) is 10.3. The number of halogens is 1. The Morgan fingerprint density at radius 3 is 2.80 bits per heavy atom. The summed E-state index contributed by atoms with van der Waals surface area (Å²) in [5.74, 6) is 0.184. The minimum absolute atomic E-state index is 0.0849. The molecule has 25 heavy (non-hydrogen) atoms. The molecule has 126 valence electrons. The van der Waals surface area contributed by atoms with Gasteiger partial charge in [0.25, 0.3) is 5.91 Å². The number of hydrogen-bond donors (Lipinski definition) is 2. The van der Waals surface area contributed by atoms with E-state index in [2.05, 4.69) is 10.3 Å². The number of ether oxygens (including phenoxy) is 1. The molecule has 0 aliphatic carbocycles. The average Bonchev–Trinajstić information content (AvgIpc) is 2.63. The molecule has 0 spiro atoms. The van der Waals surface area contributed by atoms with E-state index in [-0.39, 0.29) is 18.3 Å². The third-order valence-electron chi connectivity index (χ3n) is 3.48. The molecular formula is C19H15ClN2O3. The van der Waals surface area contributed by atoms with Crippen molar-refractivity contribution in [2.75, 3.05) is 5.32 Å². The summed E-state index contributed by atoms with van der Waals surface area (Å²) in [6, 6.07) is 15.1. The van der Waals surface area contributed by atoms with Gasteiger partial charge in [-0.15, -0.1) is 0 Å². The molecule has 0 fully saturated rings. The van der Waals surface area contributed by atoms with E-state index in [1.54, 1.807) is 60.9 Å². The fraction of sp³-hybridized carbons (Fsp3) is 0.0526. The number of para-hydroxylation sites is 1. The smallest absolute Gasteiger partial charge is 0.259 e. The van der Waals surface area contributed by atoms with Gasteiger partial charge in [-0.2, -0.15) is 0 Å². The number of phenols is 1. The van der Waals surface area contributed by atoms with E-state index < -0.39 is 0 Å². The third-order valence-corrected chi connectivity index (χ3v) is 3.71. The highest BCUT2D eigenvalue weighted by molar-refractivity contribution is 6.30. The monoisotopic (exact) mass is 354 g/mol. The first-order valence-electron chi connectivity index (χ1n) is 7.54. The molecule has 3 rings (SSSR count). The summed E-state index contributed by atoms with van der Waals surface area (Å²) >= 11 is 5.93. The maximum Gasteiger partial charge on any atom is 0.259 e. The second-order valence-electron chi connectivity index (χ2n) is 5.25. The van der Waals surface area contributed by atoms with Crippen molar-refractivity contribution in [2.24, 2.45) is 0 Å². The van der Waals surface area contributed by atoms with Crippen molar-refractivity contribution in [3.63, 3.8) is 0 Å². The van der Waals surface area contributed by atoms with Gasteiger partial charge < -0.3 is 15.2 Å². The van der Waals surface area contributed by atoms with Crippen molar-refractivity contribution in [2.45, 2.75) is 6.61 Å². The Labute approximate surface area is 149 Å². The number of aromatic hydroxyl groups is 1. The van der Waals surface area contributed by atoms with E-state index in [0.717, 1.165) is 0 Å². The van der Waals surface area contributed by atoms with Crippen LogP contribution in [0.15, 0.2) is 67.0 Å². The molecule has 0 aliphatic rings. The fourth-order valence-electron chi connectivity index (χ4n) is 2.24. The maximum absolute atomic E-state index is 12.5. The molecule has 5 nitrogen and oxygen atoms in total. The maximum atomic E-state index is 12.5. The molecule has 0 radical (unpaired) electrons. The second-order valence-corrected chi connectivity index (χ2v) is 5.69. The number of phenolic OH excluding ortho intramolecular Hbond substituents is 1. The van der Waals surface area contributed by atoms with Gasteiger partial charge in [-0.1, -0.05) is 23.7 Å². The van der Waals surface area contributed by atoms with E-state index in [1.165, 1.54) is 6.07 Å². The molecule has 0 saturated carbocycles. The summed E-state index contributed by atoms with van der Waals surface area (Å²) < 4.78 is 5.72. The molecule has 0 unspecified atom stereocenters. The van der Waals surface area contributed by atoms with Crippen molar-refractivity contribution in [3.8, 4) is 11.5 Å². The highest BCUT2D eigenvalue weighted by Gasteiger charge is 2.13. The Hall–Kier alpha value is -3.05. The van der Waals surface area contributed by atoms with Gasteiger partial charge in [0.2, 0.25) is 0 Å². The molecule has 0 bridgehead atoms. The molecule has 0 aliphatic heterocycles. The Morgan fingerprint density at radius 1 is 1.16 bits per heavy atom. The Morgan fingerprint density at radius 2 is 2.00 bits per heavy atom. The van der Waals surface area contributed by atoms with Crippen LogP contribution in [0.25, 0.3) is 0 Å². The van der Waals surface area contributed by atoms with Crippen LogP contribution >= 0.6 is 11.6 Å². The van der Waals surface area contributed by atoms with E-state index in [1.807, 2.05) is 0 Å². The zero-order valence-electron chi connectivity index (χ0n) is 13.1. The van der Waals surface area contributed by atoms with Gasteiger partial charge in [0.15, 0.2) is 0 Å². The number of amides is 1. The number of hydrogen-bond acceptors (Lipinski definition) is 4. The third kappa shape index (κ3) is 4.28. The Bertz CT molecular complexity index is 885. The van der Waals surface area contributed by atoms with Crippen molar-refractivity contribution >= 4 is 23.2 Å². The van der Waals surface area contributed by atoms with Gasteiger partial charge in [0, 0.05) is 16.8 Å². The van der Waals surface area contributed by atoms with Gasteiger partial charge in [0.1, 0.15) is 18.1 Å². The topological polar surface area (TPSA) is 71.5 Å². The van der Waals surface area contributed by atoms with E-state index in [9.17, 15) is 9.90 Å². The van der Waals surface area contributed by atoms with E-state index >= 15 is 0 Å². The molecular weight excluding hydrogens is 340 g/mol. The Balaban J connectivity index is 1.76. The van der Waals surface area contributed by atoms with Gasteiger partial charge in [-0.25, -0.2) is 0 Å². The summed E-state index contributed by atoms with van der Waals surface area (Å²) in [5.41, 5.74) is 1.51. The lowest BCUT2D eigenvalue weighted by Crippen LogP contribution is -2.13. The highest BCUT2D eigenvalue weighted by atomic mass is 35.5. The van der Waals surface area contributed by atoms with E-state index in [0.29, 0.717) is 27.6 Å². The highest BCUT2D eigenvalue weighted by Crippen LogP contribution is 2.25. The minimum atomic E-state index is -0.307. The zero-order valence-corrected chi connectivity index (χ0v) is 13.9. The summed E-state index contributed by atoms with van der Waals surface area (Å²) in [5, 5.41) is 13.1. The Kier molecular flexibility index (Phi) is 5.16. The van der Waals surface area contributed by atoms with Gasteiger partial charge in [-0.3, -0.25) is 9.78 Å². The van der Waals surface area contributed by atoms with Crippen molar-refractivity contribution in [3.05, 3.63) is 83.1 Å².